The molecular formula is C22H28N4O3. The van der Waals surface area contributed by atoms with E-state index in [0.717, 1.165) is 43.4 Å². The summed E-state index contributed by atoms with van der Waals surface area (Å²) in [5.74, 6) is 0. The third kappa shape index (κ3) is 4.99. The maximum atomic E-state index is 13.2. The minimum atomic E-state index is -0.368. The van der Waals surface area contributed by atoms with Crippen LogP contribution in [0.5, 0.6) is 0 Å². The maximum absolute atomic E-state index is 13.2. The van der Waals surface area contributed by atoms with E-state index in [4.69, 9.17) is 5.11 Å². The molecular weight excluding hydrogens is 368 g/mol. The van der Waals surface area contributed by atoms with Crippen molar-refractivity contribution in [3.63, 3.8) is 0 Å². The van der Waals surface area contributed by atoms with Crippen molar-refractivity contribution in [3.05, 3.63) is 74.6 Å². The number of rotatable bonds is 10. The van der Waals surface area contributed by atoms with Gasteiger partial charge in [-0.05, 0) is 36.6 Å². The summed E-state index contributed by atoms with van der Waals surface area (Å²) < 4.78 is 2.72. The Balaban J connectivity index is 1.86. The van der Waals surface area contributed by atoms with Crippen LogP contribution >= 0.6 is 0 Å². The average Bonchev–Trinajstić information content (AvgIpc) is 2.75. The molecule has 0 atom stereocenters. The van der Waals surface area contributed by atoms with Gasteiger partial charge in [0.05, 0.1) is 11.9 Å². The maximum Gasteiger partial charge on any atom is 0.332 e. The molecule has 0 unspecified atom stereocenters. The second-order valence-electron chi connectivity index (χ2n) is 7.20. The van der Waals surface area contributed by atoms with Gasteiger partial charge in [0.2, 0.25) is 0 Å². The minimum Gasteiger partial charge on any atom is -0.396 e. The molecule has 3 aromatic rings. The lowest BCUT2D eigenvalue weighted by Gasteiger charge is -2.13. The van der Waals surface area contributed by atoms with Gasteiger partial charge in [0, 0.05) is 26.4 Å². The van der Waals surface area contributed by atoms with Crippen LogP contribution in [0.2, 0.25) is 0 Å². The van der Waals surface area contributed by atoms with Gasteiger partial charge >= 0.3 is 5.69 Å². The number of nitrogens with zero attached hydrogens (tertiary/aromatic N) is 3. The highest BCUT2D eigenvalue weighted by molar-refractivity contribution is 5.77. The normalized spacial score (nSPS) is 11.2. The second-order valence-corrected chi connectivity index (χ2v) is 7.20. The molecule has 0 fully saturated rings. The number of fused-ring (bicyclic) bond motifs is 1. The van der Waals surface area contributed by atoms with E-state index in [1.165, 1.54) is 9.13 Å². The van der Waals surface area contributed by atoms with Crippen LogP contribution in [-0.4, -0.2) is 32.4 Å². The van der Waals surface area contributed by atoms with Crippen LogP contribution in [0, 0.1) is 0 Å². The Hall–Kier alpha value is -2.77. The number of aryl methyl sites for hydroxylation is 1. The fourth-order valence-corrected chi connectivity index (χ4v) is 3.46. The van der Waals surface area contributed by atoms with Gasteiger partial charge in [-0.25, -0.2) is 9.78 Å². The Morgan fingerprint density at radius 3 is 2.55 bits per heavy atom. The average molecular weight is 396 g/mol. The monoisotopic (exact) mass is 396 g/mol. The summed E-state index contributed by atoms with van der Waals surface area (Å²) in [6, 6.07) is 11.3. The Bertz CT molecular complexity index is 1060. The number of pyridine rings is 1. The Labute approximate surface area is 169 Å². The summed E-state index contributed by atoms with van der Waals surface area (Å²) in [5.41, 5.74) is 1.48. The van der Waals surface area contributed by atoms with E-state index in [1.54, 1.807) is 13.2 Å². The summed E-state index contributed by atoms with van der Waals surface area (Å²) in [5, 5.41) is 12.7. The van der Waals surface area contributed by atoms with E-state index in [-0.39, 0.29) is 24.4 Å². The summed E-state index contributed by atoms with van der Waals surface area (Å²) in [7, 11) is 1.65. The molecule has 2 aromatic heterocycles. The number of aliphatic hydroxyl groups excluding tert-OH is 1. The molecule has 7 nitrogen and oxygen atoms in total. The van der Waals surface area contributed by atoms with Crippen LogP contribution < -0.4 is 16.6 Å². The van der Waals surface area contributed by atoms with E-state index in [0.29, 0.717) is 17.6 Å². The largest absolute Gasteiger partial charge is 0.396 e. The SMILES string of the molecule is Cn1c(=O)n(Cc2ccccc2)c(=O)c2c(CNCCCCCCO)ccnc21. The Kier molecular flexibility index (Phi) is 7.32. The van der Waals surface area contributed by atoms with E-state index < -0.39 is 0 Å². The molecule has 0 saturated heterocycles. The zero-order valence-electron chi connectivity index (χ0n) is 16.8. The molecule has 0 aliphatic rings. The van der Waals surface area contributed by atoms with Gasteiger partial charge in [-0.2, -0.15) is 0 Å². The number of benzene rings is 1. The number of aromatic nitrogens is 3. The molecule has 3 rings (SSSR count). The molecule has 29 heavy (non-hydrogen) atoms. The van der Waals surface area contributed by atoms with Gasteiger partial charge < -0.3 is 10.4 Å². The predicted octanol–water partition coefficient (Wildman–Crippen LogP) is 1.79. The fraction of sp³-hybridized carbons (Fsp3) is 0.409. The summed E-state index contributed by atoms with van der Waals surface area (Å²) in [6.07, 6.45) is 5.57. The second kappa shape index (κ2) is 10.1. The van der Waals surface area contributed by atoms with Crippen molar-refractivity contribution in [1.82, 2.24) is 19.4 Å². The van der Waals surface area contributed by atoms with Crippen molar-refractivity contribution in [2.75, 3.05) is 13.2 Å². The first-order chi connectivity index (χ1) is 14.1. The van der Waals surface area contributed by atoms with Crippen molar-refractivity contribution >= 4 is 11.0 Å². The van der Waals surface area contributed by atoms with Crippen molar-refractivity contribution in [3.8, 4) is 0 Å². The number of hydrogen-bond acceptors (Lipinski definition) is 5. The third-order valence-electron chi connectivity index (χ3n) is 5.07. The van der Waals surface area contributed by atoms with Gasteiger partial charge in [0.25, 0.3) is 5.56 Å². The van der Waals surface area contributed by atoms with E-state index in [2.05, 4.69) is 10.3 Å². The third-order valence-corrected chi connectivity index (χ3v) is 5.07. The molecule has 0 amide bonds. The van der Waals surface area contributed by atoms with E-state index in [9.17, 15) is 9.59 Å². The van der Waals surface area contributed by atoms with Gasteiger partial charge in [-0.15, -0.1) is 0 Å². The van der Waals surface area contributed by atoms with E-state index in [1.807, 2.05) is 36.4 Å². The van der Waals surface area contributed by atoms with Gasteiger partial charge in [0.15, 0.2) is 0 Å². The molecule has 7 heteroatoms. The number of aliphatic hydroxyl groups is 1. The molecule has 1 aromatic carbocycles. The highest BCUT2D eigenvalue weighted by Crippen LogP contribution is 2.11. The zero-order chi connectivity index (χ0) is 20.6. The van der Waals surface area contributed by atoms with Crippen LogP contribution in [0.25, 0.3) is 11.0 Å². The predicted molar refractivity (Wildman–Crippen MR) is 114 cm³/mol. The fourth-order valence-electron chi connectivity index (χ4n) is 3.46. The zero-order valence-corrected chi connectivity index (χ0v) is 16.8. The first-order valence-corrected chi connectivity index (χ1v) is 10.1. The molecule has 0 radical (unpaired) electrons. The van der Waals surface area contributed by atoms with Crippen molar-refractivity contribution in [2.24, 2.45) is 7.05 Å². The topological polar surface area (TPSA) is 89.2 Å². The highest BCUT2D eigenvalue weighted by Gasteiger charge is 2.15. The standard InChI is InChI=1S/C22H28N4O3/c1-25-20-19(18(11-13-24-20)15-23-12-7-2-3-8-14-27)21(28)26(22(25)29)16-17-9-5-4-6-10-17/h4-6,9-11,13,23,27H,2-3,7-8,12,14-16H2,1H3. The lowest BCUT2D eigenvalue weighted by molar-refractivity contribution is 0.282. The summed E-state index contributed by atoms with van der Waals surface area (Å²) in [6.45, 7) is 1.84. The highest BCUT2D eigenvalue weighted by atomic mass is 16.3. The van der Waals surface area contributed by atoms with Crippen LogP contribution in [0.1, 0.15) is 36.8 Å². The molecule has 0 aliphatic heterocycles. The first kappa shape index (κ1) is 21.0. The number of unbranched alkanes of at least 4 members (excludes halogenated alkanes) is 3. The molecule has 2 N–H and O–H groups in total. The lowest BCUT2D eigenvalue weighted by atomic mass is 10.1. The Morgan fingerprint density at radius 1 is 1.03 bits per heavy atom. The minimum absolute atomic E-state index is 0.231. The van der Waals surface area contributed by atoms with E-state index >= 15 is 0 Å². The lowest BCUT2D eigenvalue weighted by Crippen LogP contribution is -2.40. The van der Waals surface area contributed by atoms with Crippen molar-refractivity contribution < 1.29 is 5.11 Å². The molecule has 154 valence electrons. The van der Waals surface area contributed by atoms with Crippen LogP contribution in [0.4, 0.5) is 0 Å². The van der Waals surface area contributed by atoms with Gasteiger partial charge in [0.1, 0.15) is 5.65 Å². The first-order valence-electron chi connectivity index (χ1n) is 10.1. The van der Waals surface area contributed by atoms with Crippen LogP contribution in [0.3, 0.4) is 0 Å². The Morgan fingerprint density at radius 2 is 1.79 bits per heavy atom. The molecule has 0 bridgehead atoms. The van der Waals surface area contributed by atoms with Crippen LogP contribution in [0.15, 0.2) is 52.2 Å². The van der Waals surface area contributed by atoms with Crippen molar-refractivity contribution in [2.45, 2.75) is 38.8 Å². The van der Waals surface area contributed by atoms with Crippen molar-refractivity contribution in [1.29, 1.82) is 0 Å². The molecule has 0 saturated carbocycles. The molecule has 2 heterocycles. The number of hydrogen-bond donors (Lipinski definition) is 2. The van der Waals surface area contributed by atoms with Gasteiger partial charge in [-0.3, -0.25) is 13.9 Å². The van der Waals surface area contributed by atoms with Gasteiger partial charge in [-0.1, -0.05) is 43.2 Å². The molecule has 0 aliphatic carbocycles. The quantitative estimate of drug-likeness (QED) is 0.510. The number of nitrogens with one attached hydrogen (secondary N) is 1. The summed E-state index contributed by atoms with van der Waals surface area (Å²) in [4.78, 5) is 30.2. The smallest absolute Gasteiger partial charge is 0.332 e. The molecule has 0 spiro atoms. The summed E-state index contributed by atoms with van der Waals surface area (Å²) >= 11 is 0. The van der Waals surface area contributed by atoms with Crippen LogP contribution in [-0.2, 0) is 20.1 Å².